The average Bonchev–Trinajstić information content (AvgIpc) is 2.67. The summed E-state index contributed by atoms with van der Waals surface area (Å²) in [6.45, 7) is 8.10. The Hall–Kier alpha value is -2.37. The van der Waals surface area contributed by atoms with Gasteiger partial charge in [0.1, 0.15) is 5.75 Å². The van der Waals surface area contributed by atoms with E-state index in [1.54, 1.807) is 0 Å². The molecule has 144 valence electrons. The summed E-state index contributed by atoms with van der Waals surface area (Å²) in [5.41, 5.74) is 3.42. The quantitative estimate of drug-likeness (QED) is 0.817. The van der Waals surface area contributed by atoms with E-state index in [0.717, 1.165) is 44.0 Å². The molecule has 0 aromatic heterocycles. The fraction of sp³-hybridized carbons (Fsp3) is 0.409. The minimum Gasteiger partial charge on any atom is -0.484 e. The Balaban J connectivity index is 1.62. The Morgan fingerprint density at radius 3 is 2.56 bits per heavy atom. The molecule has 0 radical (unpaired) electrons. The zero-order valence-electron chi connectivity index (χ0n) is 16.1. The van der Waals surface area contributed by atoms with Gasteiger partial charge in [-0.2, -0.15) is 0 Å². The Kier molecular flexibility index (Phi) is 6.85. The molecule has 27 heavy (non-hydrogen) atoms. The molecule has 3 rings (SSSR count). The van der Waals surface area contributed by atoms with Crippen molar-refractivity contribution in [2.75, 3.05) is 39.5 Å². The van der Waals surface area contributed by atoms with Crippen LogP contribution in [0.3, 0.4) is 0 Å². The lowest BCUT2D eigenvalue weighted by Crippen LogP contribution is -2.44. The van der Waals surface area contributed by atoms with Gasteiger partial charge < -0.3 is 14.8 Å². The molecular weight excluding hydrogens is 340 g/mol. The number of nitrogens with one attached hydrogen (secondary N) is 1. The molecule has 1 aliphatic heterocycles. The number of carbonyl (C=O) groups is 1. The number of nitrogens with zero attached hydrogens (tertiary/aromatic N) is 1. The Bertz CT molecular complexity index is 739. The molecule has 1 saturated heterocycles. The van der Waals surface area contributed by atoms with Crippen molar-refractivity contribution in [1.82, 2.24) is 10.2 Å². The zero-order chi connectivity index (χ0) is 19.1. The van der Waals surface area contributed by atoms with E-state index < -0.39 is 0 Å². The van der Waals surface area contributed by atoms with Crippen molar-refractivity contribution in [2.24, 2.45) is 0 Å². The van der Waals surface area contributed by atoms with E-state index in [2.05, 4.69) is 41.4 Å². The van der Waals surface area contributed by atoms with E-state index in [9.17, 15) is 4.79 Å². The number of aryl methyl sites for hydroxylation is 2. The van der Waals surface area contributed by atoms with Gasteiger partial charge in [-0.05, 0) is 37.1 Å². The molecule has 2 aromatic rings. The van der Waals surface area contributed by atoms with Crippen molar-refractivity contribution in [3.8, 4) is 5.75 Å². The summed E-state index contributed by atoms with van der Waals surface area (Å²) < 4.78 is 11.1. The van der Waals surface area contributed by atoms with Crippen molar-refractivity contribution < 1.29 is 14.3 Å². The number of morpholine rings is 1. The smallest absolute Gasteiger partial charge is 0.258 e. The summed E-state index contributed by atoms with van der Waals surface area (Å²) in [6.07, 6.45) is 0. The van der Waals surface area contributed by atoms with Gasteiger partial charge in [0.15, 0.2) is 6.61 Å². The first kappa shape index (κ1) is 19.4. The van der Waals surface area contributed by atoms with Crippen LogP contribution in [0.15, 0.2) is 48.5 Å². The molecule has 1 unspecified atom stereocenters. The number of benzene rings is 2. The normalized spacial score (nSPS) is 15.9. The van der Waals surface area contributed by atoms with Crippen LogP contribution >= 0.6 is 0 Å². The van der Waals surface area contributed by atoms with E-state index in [1.165, 1.54) is 5.56 Å². The second kappa shape index (κ2) is 9.53. The maximum atomic E-state index is 12.5. The summed E-state index contributed by atoms with van der Waals surface area (Å²) in [7, 11) is 0. The van der Waals surface area contributed by atoms with Crippen LogP contribution in [0.1, 0.15) is 22.7 Å². The highest BCUT2D eigenvalue weighted by atomic mass is 16.5. The van der Waals surface area contributed by atoms with Crippen LogP contribution in [0, 0.1) is 13.8 Å². The van der Waals surface area contributed by atoms with Crippen molar-refractivity contribution in [3.05, 3.63) is 65.2 Å². The van der Waals surface area contributed by atoms with Crippen LogP contribution in [-0.4, -0.2) is 50.3 Å². The highest BCUT2D eigenvalue weighted by molar-refractivity contribution is 5.78. The number of rotatable bonds is 7. The molecule has 0 spiro atoms. The van der Waals surface area contributed by atoms with E-state index in [4.69, 9.17) is 9.47 Å². The molecule has 1 aliphatic rings. The highest BCUT2D eigenvalue weighted by Crippen LogP contribution is 2.17. The van der Waals surface area contributed by atoms with Gasteiger partial charge in [0, 0.05) is 19.6 Å². The summed E-state index contributed by atoms with van der Waals surface area (Å²) in [5.74, 6) is 0.598. The van der Waals surface area contributed by atoms with Gasteiger partial charge in [-0.15, -0.1) is 0 Å². The van der Waals surface area contributed by atoms with Crippen molar-refractivity contribution in [3.63, 3.8) is 0 Å². The largest absolute Gasteiger partial charge is 0.484 e. The molecule has 1 heterocycles. The van der Waals surface area contributed by atoms with Gasteiger partial charge in [-0.1, -0.05) is 42.0 Å². The minimum atomic E-state index is -0.115. The second-order valence-electron chi connectivity index (χ2n) is 7.05. The number of hydrogen-bond acceptors (Lipinski definition) is 4. The average molecular weight is 368 g/mol. The molecule has 0 saturated carbocycles. The lowest BCUT2D eigenvalue weighted by atomic mass is 10.0. The maximum absolute atomic E-state index is 12.5. The van der Waals surface area contributed by atoms with Gasteiger partial charge in [0.05, 0.1) is 19.3 Å². The first-order valence-corrected chi connectivity index (χ1v) is 9.45. The Morgan fingerprint density at radius 1 is 1.11 bits per heavy atom. The molecule has 1 amide bonds. The number of hydrogen-bond donors (Lipinski definition) is 1. The predicted octanol–water partition coefficient (Wildman–Crippen LogP) is 2.87. The first-order valence-electron chi connectivity index (χ1n) is 9.45. The molecule has 0 aliphatic carbocycles. The Morgan fingerprint density at radius 2 is 1.85 bits per heavy atom. The van der Waals surface area contributed by atoms with Crippen LogP contribution < -0.4 is 10.1 Å². The molecule has 1 N–H and O–H groups in total. The summed E-state index contributed by atoms with van der Waals surface area (Å²) in [5, 5.41) is 3.14. The lowest BCUT2D eigenvalue weighted by Gasteiger charge is -2.31. The first-order chi connectivity index (χ1) is 13.1. The zero-order valence-corrected chi connectivity index (χ0v) is 16.1. The van der Waals surface area contributed by atoms with E-state index >= 15 is 0 Å². The topological polar surface area (TPSA) is 50.8 Å². The fourth-order valence-electron chi connectivity index (χ4n) is 3.17. The van der Waals surface area contributed by atoms with Crippen molar-refractivity contribution >= 4 is 5.91 Å². The van der Waals surface area contributed by atoms with E-state index in [-0.39, 0.29) is 18.6 Å². The fourth-order valence-corrected chi connectivity index (χ4v) is 3.17. The van der Waals surface area contributed by atoms with Crippen LogP contribution in [0.5, 0.6) is 5.75 Å². The summed E-state index contributed by atoms with van der Waals surface area (Å²) >= 11 is 0. The molecule has 1 atom stereocenters. The second-order valence-corrected chi connectivity index (χ2v) is 7.05. The highest BCUT2D eigenvalue weighted by Gasteiger charge is 2.20. The molecule has 0 bridgehead atoms. The van der Waals surface area contributed by atoms with Gasteiger partial charge in [-0.25, -0.2) is 0 Å². The monoisotopic (exact) mass is 368 g/mol. The van der Waals surface area contributed by atoms with Gasteiger partial charge in [-0.3, -0.25) is 9.69 Å². The van der Waals surface area contributed by atoms with E-state index in [1.807, 2.05) is 31.2 Å². The van der Waals surface area contributed by atoms with Crippen molar-refractivity contribution in [1.29, 1.82) is 0 Å². The van der Waals surface area contributed by atoms with Crippen LogP contribution in [0.25, 0.3) is 0 Å². The standard InChI is InChI=1S/C22H28N2O3/c1-17-6-8-19(9-7-17)21(15-24-10-12-26-13-11-24)23-22(25)16-27-20-5-3-4-18(2)14-20/h3-9,14,21H,10-13,15-16H2,1-2H3,(H,23,25). The third-order valence-corrected chi connectivity index (χ3v) is 4.72. The van der Waals surface area contributed by atoms with Crippen LogP contribution in [0.4, 0.5) is 0 Å². The molecule has 5 nitrogen and oxygen atoms in total. The molecule has 2 aromatic carbocycles. The molecular formula is C22H28N2O3. The molecule has 5 heteroatoms. The number of carbonyl (C=O) groups excluding carboxylic acids is 1. The summed E-state index contributed by atoms with van der Waals surface area (Å²) in [6, 6.07) is 16.0. The maximum Gasteiger partial charge on any atom is 0.258 e. The number of ether oxygens (including phenoxy) is 2. The third-order valence-electron chi connectivity index (χ3n) is 4.72. The third kappa shape index (κ3) is 6.08. The van der Waals surface area contributed by atoms with Gasteiger partial charge in [0.2, 0.25) is 0 Å². The predicted molar refractivity (Wildman–Crippen MR) is 106 cm³/mol. The van der Waals surface area contributed by atoms with E-state index in [0.29, 0.717) is 5.75 Å². The van der Waals surface area contributed by atoms with Crippen molar-refractivity contribution in [2.45, 2.75) is 19.9 Å². The minimum absolute atomic E-state index is 0.00885. The number of amides is 1. The summed E-state index contributed by atoms with van der Waals surface area (Å²) in [4.78, 5) is 14.8. The van der Waals surface area contributed by atoms with Gasteiger partial charge >= 0.3 is 0 Å². The lowest BCUT2D eigenvalue weighted by molar-refractivity contribution is -0.124. The van der Waals surface area contributed by atoms with Gasteiger partial charge in [0.25, 0.3) is 5.91 Å². The SMILES string of the molecule is Cc1ccc(C(CN2CCOCC2)NC(=O)COc2cccc(C)c2)cc1. The Labute approximate surface area is 161 Å². The van der Waals surface area contributed by atoms with Crippen LogP contribution in [0.2, 0.25) is 0 Å². The molecule has 1 fully saturated rings. The van der Waals surface area contributed by atoms with Crippen LogP contribution in [-0.2, 0) is 9.53 Å².